The van der Waals surface area contributed by atoms with Crippen LogP contribution in [0.1, 0.15) is 35.0 Å². The molecule has 2 amide bonds. The second-order valence-electron chi connectivity index (χ2n) is 5.38. The van der Waals surface area contributed by atoms with Crippen molar-refractivity contribution < 1.29 is 9.59 Å². The van der Waals surface area contributed by atoms with E-state index in [-0.39, 0.29) is 18.4 Å². The van der Waals surface area contributed by atoms with Gasteiger partial charge in [0.05, 0.1) is 10.6 Å². The molecule has 1 heterocycles. The Bertz CT molecular complexity index is 717. The second-order valence-corrected chi connectivity index (χ2v) is 7.03. The fourth-order valence-electron chi connectivity index (χ4n) is 2.15. The molecule has 24 heavy (non-hydrogen) atoms. The van der Waals surface area contributed by atoms with E-state index in [1.807, 2.05) is 13.8 Å². The number of amides is 2. The second kappa shape index (κ2) is 8.80. The van der Waals surface area contributed by atoms with Crippen molar-refractivity contribution in [1.29, 1.82) is 0 Å². The quantitative estimate of drug-likeness (QED) is 0.807. The third-order valence-electron chi connectivity index (χ3n) is 3.38. The maximum Gasteiger partial charge on any atom is 0.255 e. The Hall–Kier alpha value is -1.92. The van der Waals surface area contributed by atoms with E-state index in [0.29, 0.717) is 22.3 Å². The van der Waals surface area contributed by atoms with Gasteiger partial charge in [-0.15, -0.1) is 11.3 Å². The van der Waals surface area contributed by atoms with E-state index in [4.69, 9.17) is 11.6 Å². The smallest absolute Gasteiger partial charge is 0.255 e. The summed E-state index contributed by atoms with van der Waals surface area (Å²) in [5, 5.41) is 3.66. The van der Waals surface area contributed by atoms with Gasteiger partial charge in [-0.05, 0) is 25.5 Å². The van der Waals surface area contributed by atoms with Gasteiger partial charge in [-0.1, -0.05) is 37.1 Å². The van der Waals surface area contributed by atoms with Crippen molar-refractivity contribution >= 4 is 39.9 Å². The maximum absolute atomic E-state index is 12.7. The number of carbonyl (C=O) groups is 2. The molecular weight excluding hydrogens is 346 g/mol. The Labute approximate surface area is 150 Å². The van der Waals surface area contributed by atoms with Crippen LogP contribution >= 0.6 is 22.9 Å². The van der Waals surface area contributed by atoms with Gasteiger partial charge in [0.25, 0.3) is 5.91 Å². The number of unbranched alkanes of at least 4 members (excludes halogenated alkanes) is 1. The first-order valence-electron chi connectivity index (χ1n) is 7.77. The molecule has 0 saturated carbocycles. The fraction of sp³-hybridized carbons (Fsp3) is 0.353. The molecule has 7 heteroatoms. The number of aryl methyl sites for hydroxylation is 1. The highest BCUT2D eigenvalue weighted by Crippen LogP contribution is 2.19. The molecule has 0 aliphatic heterocycles. The number of hydrogen-bond donors (Lipinski definition) is 1. The summed E-state index contributed by atoms with van der Waals surface area (Å²) < 4.78 is 0. The average Bonchev–Trinajstić information content (AvgIpc) is 2.96. The lowest BCUT2D eigenvalue weighted by atomic mass is 10.2. The van der Waals surface area contributed by atoms with Gasteiger partial charge in [-0.25, -0.2) is 4.98 Å². The van der Waals surface area contributed by atoms with E-state index in [0.717, 1.165) is 17.7 Å². The standard InChI is InChI=1S/C17H20ClN3O2S/c1-3-4-9-21(16(23)13-7-5-6-8-14(13)18)11-15(22)20-17-19-10-12(2)24-17/h5-8,10H,3-4,9,11H2,1-2H3,(H,19,20,22). The van der Waals surface area contributed by atoms with Crippen LogP contribution in [0.4, 0.5) is 5.13 Å². The first kappa shape index (κ1) is 18.4. The molecule has 0 aliphatic rings. The van der Waals surface area contributed by atoms with Crippen molar-refractivity contribution in [3.8, 4) is 0 Å². The van der Waals surface area contributed by atoms with Crippen LogP contribution in [-0.2, 0) is 4.79 Å². The zero-order valence-corrected chi connectivity index (χ0v) is 15.3. The molecule has 5 nitrogen and oxygen atoms in total. The normalized spacial score (nSPS) is 10.5. The van der Waals surface area contributed by atoms with Crippen molar-refractivity contribution in [3.05, 3.63) is 45.9 Å². The van der Waals surface area contributed by atoms with E-state index in [1.54, 1.807) is 30.5 Å². The Kier molecular flexibility index (Phi) is 6.75. The molecule has 0 spiro atoms. The zero-order chi connectivity index (χ0) is 17.5. The van der Waals surface area contributed by atoms with Gasteiger partial charge in [-0.3, -0.25) is 9.59 Å². The van der Waals surface area contributed by atoms with E-state index >= 15 is 0 Å². The summed E-state index contributed by atoms with van der Waals surface area (Å²) in [6, 6.07) is 6.87. The summed E-state index contributed by atoms with van der Waals surface area (Å²) in [7, 11) is 0. The zero-order valence-electron chi connectivity index (χ0n) is 13.7. The Balaban J connectivity index is 2.08. The van der Waals surface area contributed by atoms with Gasteiger partial charge in [-0.2, -0.15) is 0 Å². The molecule has 128 valence electrons. The van der Waals surface area contributed by atoms with Gasteiger partial charge < -0.3 is 10.2 Å². The van der Waals surface area contributed by atoms with Crippen molar-refractivity contribution in [1.82, 2.24) is 9.88 Å². The summed E-state index contributed by atoms with van der Waals surface area (Å²) >= 11 is 7.51. The molecular formula is C17H20ClN3O2S. The van der Waals surface area contributed by atoms with Crippen LogP contribution in [0.25, 0.3) is 0 Å². The number of nitrogens with zero attached hydrogens (tertiary/aromatic N) is 2. The van der Waals surface area contributed by atoms with Crippen molar-refractivity contribution in [2.45, 2.75) is 26.7 Å². The molecule has 2 rings (SSSR count). The molecule has 1 aromatic carbocycles. The van der Waals surface area contributed by atoms with E-state index in [9.17, 15) is 9.59 Å². The number of aromatic nitrogens is 1. The predicted molar refractivity (Wildman–Crippen MR) is 97.7 cm³/mol. The van der Waals surface area contributed by atoms with E-state index < -0.39 is 0 Å². The highest BCUT2D eigenvalue weighted by atomic mass is 35.5. The number of benzene rings is 1. The number of carbonyl (C=O) groups excluding carboxylic acids is 2. The summed E-state index contributed by atoms with van der Waals surface area (Å²) in [5.74, 6) is -0.500. The lowest BCUT2D eigenvalue weighted by Crippen LogP contribution is -2.38. The van der Waals surface area contributed by atoms with Gasteiger partial charge in [0.1, 0.15) is 6.54 Å². The van der Waals surface area contributed by atoms with Crippen LogP contribution in [0, 0.1) is 6.92 Å². The molecule has 0 aliphatic carbocycles. The van der Waals surface area contributed by atoms with Crippen LogP contribution in [-0.4, -0.2) is 34.8 Å². The number of halogens is 1. The molecule has 0 radical (unpaired) electrons. The van der Waals surface area contributed by atoms with Crippen LogP contribution in [0.15, 0.2) is 30.5 Å². The first-order chi connectivity index (χ1) is 11.5. The third kappa shape index (κ3) is 5.04. The largest absolute Gasteiger partial charge is 0.329 e. The minimum atomic E-state index is -0.263. The third-order valence-corrected chi connectivity index (χ3v) is 4.53. The van der Waals surface area contributed by atoms with Crippen LogP contribution in [0.3, 0.4) is 0 Å². The number of rotatable bonds is 7. The van der Waals surface area contributed by atoms with Crippen molar-refractivity contribution in [2.24, 2.45) is 0 Å². The minimum Gasteiger partial charge on any atom is -0.329 e. The van der Waals surface area contributed by atoms with Gasteiger partial charge in [0.15, 0.2) is 5.13 Å². The molecule has 1 aromatic heterocycles. The lowest BCUT2D eigenvalue weighted by Gasteiger charge is -2.22. The number of anilines is 1. The van der Waals surface area contributed by atoms with Crippen LogP contribution in [0.2, 0.25) is 5.02 Å². The van der Waals surface area contributed by atoms with Crippen molar-refractivity contribution in [3.63, 3.8) is 0 Å². The highest BCUT2D eigenvalue weighted by molar-refractivity contribution is 7.15. The molecule has 2 aromatic rings. The van der Waals surface area contributed by atoms with E-state index in [2.05, 4.69) is 10.3 Å². The summed E-state index contributed by atoms with van der Waals surface area (Å²) in [6.07, 6.45) is 3.45. The monoisotopic (exact) mass is 365 g/mol. The van der Waals surface area contributed by atoms with Gasteiger partial charge in [0, 0.05) is 17.6 Å². The average molecular weight is 366 g/mol. The van der Waals surface area contributed by atoms with Crippen LogP contribution < -0.4 is 5.32 Å². The molecule has 0 bridgehead atoms. The topological polar surface area (TPSA) is 62.3 Å². The predicted octanol–water partition coefficient (Wildman–Crippen LogP) is 3.99. The summed E-state index contributed by atoms with van der Waals surface area (Å²) in [4.78, 5) is 31.6. The molecule has 0 fully saturated rings. The molecule has 0 saturated heterocycles. The molecule has 0 atom stereocenters. The summed E-state index contributed by atoms with van der Waals surface area (Å²) in [5.41, 5.74) is 0.410. The minimum absolute atomic E-state index is 0.0251. The first-order valence-corrected chi connectivity index (χ1v) is 8.96. The summed E-state index contributed by atoms with van der Waals surface area (Å²) in [6.45, 7) is 4.44. The number of hydrogen-bond acceptors (Lipinski definition) is 4. The fourth-order valence-corrected chi connectivity index (χ4v) is 3.05. The van der Waals surface area contributed by atoms with Crippen LogP contribution in [0.5, 0.6) is 0 Å². The highest BCUT2D eigenvalue weighted by Gasteiger charge is 2.20. The molecule has 0 unspecified atom stereocenters. The SMILES string of the molecule is CCCCN(CC(=O)Nc1ncc(C)s1)C(=O)c1ccccc1Cl. The van der Waals surface area contributed by atoms with Gasteiger partial charge >= 0.3 is 0 Å². The van der Waals surface area contributed by atoms with E-state index in [1.165, 1.54) is 16.2 Å². The lowest BCUT2D eigenvalue weighted by molar-refractivity contribution is -0.116. The van der Waals surface area contributed by atoms with Crippen molar-refractivity contribution in [2.75, 3.05) is 18.4 Å². The Morgan fingerprint density at radius 3 is 2.71 bits per heavy atom. The Morgan fingerprint density at radius 2 is 2.08 bits per heavy atom. The Morgan fingerprint density at radius 1 is 1.33 bits per heavy atom. The number of nitrogens with one attached hydrogen (secondary N) is 1. The maximum atomic E-state index is 12.7. The van der Waals surface area contributed by atoms with Gasteiger partial charge in [0.2, 0.25) is 5.91 Å². The molecule has 1 N–H and O–H groups in total. The number of thiazole rings is 1.